The summed E-state index contributed by atoms with van der Waals surface area (Å²) in [4.78, 5) is 4.49. The van der Waals surface area contributed by atoms with Crippen LogP contribution in [0.4, 0.5) is 4.39 Å². The van der Waals surface area contributed by atoms with Crippen LogP contribution in [0.25, 0.3) is 11.4 Å². The monoisotopic (exact) mass is 363 g/mol. The first kappa shape index (κ1) is 16.8. The number of hydrogen-bond acceptors (Lipinski definition) is 4. The number of ether oxygens (including phenoxy) is 1. The molecule has 0 amide bonds. The summed E-state index contributed by atoms with van der Waals surface area (Å²) in [6.07, 6.45) is 0. The normalized spacial score (nSPS) is 12.2. The molecule has 4 nitrogen and oxygen atoms in total. The van der Waals surface area contributed by atoms with Gasteiger partial charge in [-0.2, -0.15) is 0 Å². The number of halogens is 2. The Morgan fingerprint density at radius 2 is 1.96 bits per heavy atom. The van der Waals surface area contributed by atoms with Crippen molar-refractivity contribution in [2.45, 2.75) is 17.3 Å². The number of hydrogen-bond donors (Lipinski definition) is 1. The molecule has 24 heavy (non-hydrogen) atoms. The third-order valence-corrected chi connectivity index (χ3v) is 4.83. The fraction of sp³-hybridized carbons (Fsp3) is 0.176. The quantitative estimate of drug-likeness (QED) is 0.639. The zero-order valence-electron chi connectivity index (χ0n) is 13.1. The van der Waals surface area contributed by atoms with Crippen LogP contribution >= 0.6 is 23.4 Å². The van der Waals surface area contributed by atoms with Crippen LogP contribution in [0.5, 0.6) is 5.75 Å². The summed E-state index contributed by atoms with van der Waals surface area (Å²) in [6.45, 7) is 2.00. The standard InChI is InChI=1S/C17H15ClFN3OS/c1-10(12-5-8-15(19)14(18)9-12)24-17-20-16(21-22-17)11-3-6-13(23-2)7-4-11/h3-10H,1-2H3,(H,20,21,22). The average Bonchev–Trinajstić information content (AvgIpc) is 3.06. The van der Waals surface area contributed by atoms with Gasteiger partial charge < -0.3 is 4.74 Å². The maximum atomic E-state index is 13.3. The number of aromatic amines is 1. The highest BCUT2D eigenvalue weighted by atomic mass is 35.5. The number of H-pyrrole nitrogens is 1. The van der Waals surface area contributed by atoms with Gasteiger partial charge in [0.2, 0.25) is 5.16 Å². The molecule has 7 heteroatoms. The van der Waals surface area contributed by atoms with Gasteiger partial charge in [-0.15, -0.1) is 5.10 Å². The zero-order valence-corrected chi connectivity index (χ0v) is 14.7. The van der Waals surface area contributed by atoms with E-state index in [9.17, 15) is 4.39 Å². The molecule has 1 atom stereocenters. The number of methoxy groups -OCH3 is 1. The SMILES string of the molecule is COc1ccc(-c2nc(SC(C)c3ccc(F)c(Cl)c3)n[nH]2)cc1. The Labute approximate surface area is 148 Å². The highest BCUT2D eigenvalue weighted by Gasteiger charge is 2.14. The van der Waals surface area contributed by atoms with Gasteiger partial charge in [0.05, 0.1) is 12.1 Å². The lowest BCUT2D eigenvalue weighted by Gasteiger charge is -2.09. The van der Waals surface area contributed by atoms with E-state index in [0.29, 0.717) is 11.0 Å². The fourth-order valence-corrected chi connectivity index (χ4v) is 3.20. The number of nitrogens with one attached hydrogen (secondary N) is 1. The van der Waals surface area contributed by atoms with Gasteiger partial charge in [-0.05, 0) is 48.9 Å². The Balaban J connectivity index is 1.74. The van der Waals surface area contributed by atoms with Gasteiger partial charge in [-0.3, -0.25) is 5.10 Å². The number of aromatic nitrogens is 3. The molecule has 0 spiro atoms. The van der Waals surface area contributed by atoms with Crippen LogP contribution in [0.15, 0.2) is 47.6 Å². The Hall–Kier alpha value is -2.05. The van der Waals surface area contributed by atoms with E-state index in [-0.39, 0.29) is 10.3 Å². The second kappa shape index (κ2) is 7.23. The van der Waals surface area contributed by atoms with Gasteiger partial charge in [0.15, 0.2) is 5.82 Å². The largest absolute Gasteiger partial charge is 0.497 e. The summed E-state index contributed by atoms with van der Waals surface area (Å²) in [5.41, 5.74) is 1.84. The molecule has 0 aliphatic heterocycles. The molecule has 0 saturated carbocycles. The Morgan fingerprint density at radius 3 is 2.62 bits per heavy atom. The molecule has 3 aromatic rings. The molecule has 1 unspecified atom stereocenters. The molecule has 2 aromatic carbocycles. The van der Waals surface area contributed by atoms with Gasteiger partial charge in [0, 0.05) is 10.8 Å². The summed E-state index contributed by atoms with van der Waals surface area (Å²) < 4.78 is 18.4. The number of benzene rings is 2. The lowest BCUT2D eigenvalue weighted by Crippen LogP contribution is -1.91. The van der Waals surface area contributed by atoms with Crippen molar-refractivity contribution in [2.75, 3.05) is 7.11 Å². The van der Waals surface area contributed by atoms with E-state index in [0.717, 1.165) is 16.9 Å². The van der Waals surface area contributed by atoms with Gasteiger partial charge in [-0.25, -0.2) is 9.37 Å². The fourth-order valence-electron chi connectivity index (χ4n) is 2.17. The smallest absolute Gasteiger partial charge is 0.209 e. The predicted octanol–water partition coefficient (Wildman–Crippen LogP) is 5.13. The van der Waals surface area contributed by atoms with Gasteiger partial charge in [0.1, 0.15) is 11.6 Å². The zero-order chi connectivity index (χ0) is 17.1. The minimum absolute atomic E-state index is 0.0441. The first-order chi connectivity index (χ1) is 11.6. The van der Waals surface area contributed by atoms with Crippen LogP contribution in [-0.4, -0.2) is 22.3 Å². The number of thioether (sulfide) groups is 1. The summed E-state index contributed by atoms with van der Waals surface area (Å²) >= 11 is 7.31. The van der Waals surface area contributed by atoms with Crippen LogP contribution < -0.4 is 4.74 Å². The lowest BCUT2D eigenvalue weighted by molar-refractivity contribution is 0.415. The van der Waals surface area contributed by atoms with Crippen LogP contribution in [0.1, 0.15) is 17.7 Å². The van der Waals surface area contributed by atoms with Crippen molar-refractivity contribution < 1.29 is 9.13 Å². The summed E-state index contributed by atoms with van der Waals surface area (Å²) in [5, 5.41) is 7.94. The van der Waals surface area contributed by atoms with Crippen molar-refractivity contribution in [3.05, 3.63) is 58.9 Å². The molecule has 0 aliphatic rings. The van der Waals surface area contributed by atoms with Gasteiger partial charge in [0.25, 0.3) is 0 Å². The summed E-state index contributed by atoms with van der Waals surface area (Å²) in [5.74, 6) is 1.05. The molecule has 0 bridgehead atoms. The Morgan fingerprint density at radius 1 is 1.21 bits per heavy atom. The minimum atomic E-state index is -0.419. The van der Waals surface area contributed by atoms with Gasteiger partial charge >= 0.3 is 0 Å². The molecular weight excluding hydrogens is 349 g/mol. The minimum Gasteiger partial charge on any atom is -0.497 e. The molecule has 1 heterocycles. The Kier molecular flexibility index (Phi) is 5.06. The first-order valence-electron chi connectivity index (χ1n) is 7.25. The highest BCUT2D eigenvalue weighted by Crippen LogP contribution is 2.35. The van der Waals surface area contributed by atoms with Crippen LogP contribution in [0, 0.1) is 5.82 Å². The molecule has 124 valence electrons. The van der Waals surface area contributed by atoms with Gasteiger partial charge in [-0.1, -0.05) is 29.4 Å². The van der Waals surface area contributed by atoms with Crippen molar-refractivity contribution in [3.8, 4) is 17.1 Å². The van der Waals surface area contributed by atoms with Crippen LogP contribution in [0.2, 0.25) is 5.02 Å². The maximum Gasteiger partial charge on any atom is 0.209 e. The molecule has 3 rings (SSSR count). The van der Waals surface area contributed by atoms with Crippen molar-refractivity contribution in [2.24, 2.45) is 0 Å². The third kappa shape index (κ3) is 3.71. The maximum absolute atomic E-state index is 13.3. The molecule has 0 aliphatic carbocycles. The lowest BCUT2D eigenvalue weighted by atomic mass is 10.2. The topological polar surface area (TPSA) is 50.8 Å². The Bertz CT molecular complexity index is 838. The van der Waals surface area contributed by atoms with E-state index in [2.05, 4.69) is 15.2 Å². The van der Waals surface area contributed by atoms with E-state index in [1.807, 2.05) is 31.2 Å². The number of rotatable bonds is 5. The van der Waals surface area contributed by atoms with Crippen molar-refractivity contribution in [1.29, 1.82) is 0 Å². The third-order valence-electron chi connectivity index (χ3n) is 3.52. The van der Waals surface area contributed by atoms with E-state index in [1.54, 1.807) is 19.2 Å². The van der Waals surface area contributed by atoms with E-state index in [1.165, 1.54) is 17.8 Å². The second-order valence-corrected chi connectivity index (χ2v) is 6.84. The second-order valence-electron chi connectivity index (χ2n) is 5.13. The average molecular weight is 364 g/mol. The van der Waals surface area contributed by atoms with E-state index in [4.69, 9.17) is 16.3 Å². The molecule has 0 saturated heterocycles. The van der Waals surface area contributed by atoms with Crippen LogP contribution in [-0.2, 0) is 0 Å². The molecule has 0 fully saturated rings. The molecule has 1 N–H and O–H groups in total. The number of nitrogens with zero attached hydrogens (tertiary/aromatic N) is 2. The molecule has 1 aromatic heterocycles. The van der Waals surface area contributed by atoms with Crippen molar-refractivity contribution in [3.63, 3.8) is 0 Å². The molecule has 0 radical (unpaired) electrons. The highest BCUT2D eigenvalue weighted by molar-refractivity contribution is 7.99. The first-order valence-corrected chi connectivity index (χ1v) is 8.51. The summed E-state index contributed by atoms with van der Waals surface area (Å²) in [6, 6.07) is 12.3. The van der Waals surface area contributed by atoms with E-state index >= 15 is 0 Å². The molecular formula is C17H15ClFN3OS. The van der Waals surface area contributed by atoms with Crippen LogP contribution in [0.3, 0.4) is 0 Å². The van der Waals surface area contributed by atoms with Crippen molar-refractivity contribution in [1.82, 2.24) is 15.2 Å². The summed E-state index contributed by atoms with van der Waals surface area (Å²) in [7, 11) is 1.63. The van der Waals surface area contributed by atoms with E-state index < -0.39 is 5.82 Å². The van der Waals surface area contributed by atoms with Crippen molar-refractivity contribution >= 4 is 23.4 Å². The predicted molar refractivity (Wildman–Crippen MR) is 94.1 cm³/mol.